The van der Waals surface area contributed by atoms with Crippen molar-refractivity contribution < 1.29 is 4.79 Å². The van der Waals surface area contributed by atoms with Crippen LogP contribution in [0.25, 0.3) is 0 Å². The fraction of sp³-hybridized carbons (Fsp3) is 0.667. The Bertz CT molecular complexity index is 752. The highest BCUT2D eigenvalue weighted by atomic mass is 127. The minimum absolute atomic E-state index is 0. The molecule has 1 N–H and O–H groups in total. The Morgan fingerprint density at radius 1 is 1.06 bits per heavy atom. The Hall–Kier alpha value is -1.35. The number of halogens is 1. The number of benzene rings is 1. The number of amides is 1. The van der Waals surface area contributed by atoms with Crippen LogP contribution < -0.4 is 5.32 Å². The number of rotatable bonds is 5. The van der Waals surface area contributed by atoms with Crippen molar-refractivity contribution in [3.63, 3.8) is 0 Å². The molecule has 3 rings (SSSR count). The molecule has 1 atom stereocenters. The van der Waals surface area contributed by atoms with Crippen molar-refractivity contribution in [3.05, 3.63) is 35.4 Å². The lowest BCUT2D eigenvalue weighted by atomic mass is 9.82. The summed E-state index contributed by atoms with van der Waals surface area (Å²) in [7, 11) is 1.86. The number of guanidine groups is 1. The van der Waals surface area contributed by atoms with Gasteiger partial charge in [-0.25, -0.2) is 0 Å². The summed E-state index contributed by atoms with van der Waals surface area (Å²) in [6, 6.07) is 8.58. The first-order valence-corrected chi connectivity index (χ1v) is 11.4. The highest BCUT2D eigenvalue weighted by molar-refractivity contribution is 14.0. The molecule has 31 heavy (non-hydrogen) atoms. The molecule has 0 spiro atoms. The molecular formula is C24H40IN5O. The maximum atomic E-state index is 12.7. The first-order valence-electron chi connectivity index (χ1n) is 11.4. The van der Waals surface area contributed by atoms with Gasteiger partial charge in [0, 0.05) is 58.3 Å². The zero-order valence-corrected chi connectivity index (χ0v) is 22.2. The predicted octanol–water partition coefficient (Wildman–Crippen LogP) is 3.09. The van der Waals surface area contributed by atoms with E-state index in [4.69, 9.17) is 0 Å². The zero-order valence-electron chi connectivity index (χ0n) is 19.9. The van der Waals surface area contributed by atoms with Crippen LogP contribution in [0.2, 0.25) is 0 Å². The third kappa shape index (κ3) is 6.34. The molecule has 2 aliphatic heterocycles. The van der Waals surface area contributed by atoms with Crippen LogP contribution in [0.1, 0.15) is 44.7 Å². The molecule has 2 aliphatic rings. The Morgan fingerprint density at radius 2 is 1.68 bits per heavy atom. The minimum atomic E-state index is -0.0276. The summed E-state index contributed by atoms with van der Waals surface area (Å²) in [5.41, 5.74) is 2.70. The molecule has 2 heterocycles. The summed E-state index contributed by atoms with van der Waals surface area (Å²) in [5.74, 6) is 1.25. The number of aryl methyl sites for hydroxylation is 1. The number of carbonyl (C=O) groups excluding carboxylic acids is 1. The van der Waals surface area contributed by atoms with Gasteiger partial charge in [-0.05, 0) is 37.8 Å². The number of carbonyl (C=O) groups is 1. The first-order chi connectivity index (χ1) is 14.3. The average molecular weight is 542 g/mol. The van der Waals surface area contributed by atoms with E-state index in [1.165, 1.54) is 11.1 Å². The Balaban J connectivity index is 0.00000341. The largest absolute Gasteiger partial charge is 0.355 e. The van der Waals surface area contributed by atoms with Gasteiger partial charge >= 0.3 is 0 Å². The maximum Gasteiger partial charge on any atom is 0.239 e. The number of nitrogens with zero attached hydrogens (tertiary/aromatic N) is 4. The van der Waals surface area contributed by atoms with E-state index in [1.807, 2.05) is 11.9 Å². The van der Waals surface area contributed by atoms with Gasteiger partial charge in [-0.2, -0.15) is 0 Å². The number of aliphatic imine (C=N–C) groups is 1. The molecule has 0 aliphatic carbocycles. The van der Waals surface area contributed by atoms with E-state index in [0.717, 1.165) is 64.6 Å². The fourth-order valence-corrected chi connectivity index (χ4v) is 4.74. The third-order valence-corrected chi connectivity index (χ3v) is 6.71. The molecule has 0 aromatic heterocycles. The zero-order chi connectivity index (χ0) is 21.7. The average Bonchev–Trinajstić information content (AvgIpc) is 3.28. The smallest absolute Gasteiger partial charge is 0.239 e. The molecule has 2 fully saturated rings. The van der Waals surface area contributed by atoms with Crippen LogP contribution in [0, 0.1) is 6.92 Å². The van der Waals surface area contributed by atoms with E-state index >= 15 is 0 Å². The maximum absolute atomic E-state index is 12.7. The second-order valence-electron chi connectivity index (χ2n) is 9.33. The first kappa shape index (κ1) is 25.9. The van der Waals surface area contributed by atoms with Gasteiger partial charge in [-0.1, -0.05) is 38.1 Å². The van der Waals surface area contributed by atoms with Crippen LogP contribution in [0.5, 0.6) is 0 Å². The SMILES string of the molecule is CN=C(NCC(C)(C)c1ccccc1C)N1CCN(C(C)C(=O)N2CCCC2)CC1.I. The number of hydrogen-bond acceptors (Lipinski definition) is 3. The molecule has 0 radical (unpaired) electrons. The van der Waals surface area contributed by atoms with Gasteiger partial charge in [0.25, 0.3) is 0 Å². The molecule has 0 bridgehead atoms. The summed E-state index contributed by atoms with van der Waals surface area (Å²) in [6.07, 6.45) is 2.29. The van der Waals surface area contributed by atoms with Gasteiger partial charge < -0.3 is 15.1 Å². The molecule has 1 unspecified atom stereocenters. The molecule has 1 aromatic rings. The summed E-state index contributed by atoms with van der Waals surface area (Å²) < 4.78 is 0. The summed E-state index contributed by atoms with van der Waals surface area (Å²) in [6.45, 7) is 15.0. The summed E-state index contributed by atoms with van der Waals surface area (Å²) in [5, 5.41) is 3.60. The van der Waals surface area contributed by atoms with Crippen molar-refractivity contribution in [3.8, 4) is 0 Å². The molecule has 7 heteroatoms. The van der Waals surface area contributed by atoms with Crippen LogP contribution in [-0.4, -0.2) is 85.5 Å². The van der Waals surface area contributed by atoms with Crippen molar-refractivity contribution in [1.82, 2.24) is 20.0 Å². The monoisotopic (exact) mass is 541 g/mol. The van der Waals surface area contributed by atoms with Crippen molar-refractivity contribution in [2.24, 2.45) is 4.99 Å². The molecular weight excluding hydrogens is 501 g/mol. The number of piperazine rings is 1. The van der Waals surface area contributed by atoms with E-state index < -0.39 is 0 Å². The number of likely N-dealkylation sites (tertiary alicyclic amines) is 1. The van der Waals surface area contributed by atoms with Crippen molar-refractivity contribution in [2.45, 2.75) is 52.0 Å². The lowest BCUT2D eigenvalue weighted by Gasteiger charge is -2.40. The standard InChI is InChI=1S/C24H39N5O.HI/c1-19-10-6-7-11-21(19)24(3,4)18-26-23(25-5)29-16-14-27(15-17-29)20(2)22(30)28-12-8-9-13-28;/h6-7,10-11,20H,8-9,12-18H2,1-5H3,(H,25,26);1H. The quantitative estimate of drug-likeness (QED) is 0.354. The molecule has 2 saturated heterocycles. The second kappa shape index (κ2) is 11.5. The fourth-order valence-electron chi connectivity index (χ4n) is 4.74. The second-order valence-corrected chi connectivity index (χ2v) is 9.33. The lowest BCUT2D eigenvalue weighted by Crippen LogP contribution is -2.57. The third-order valence-electron chi connectivity index (χ3n) is 6.71. The van der Waals surface area contributed by atoms with Crippen LogP contribution in [0.3, 0.4) is 0 Å². The minimum Gasteiger partial charge on any atom is -0.355 e. The van der Waals surface area contributed by atoms with E-state index in [-0.39, 0.29) is 35.4 Å². The van der Waals surface area contributed by atoms with E-state index in [0.29, 0.717) is 5.91 Å². The highest BCUT2D eigenvalue weighted by Gasteiger charge is 2.31. The molecule has 1 amide bonds. The summed E-state index contributed by atoms with van der Waals surface area (Å²) >= 11 is 0. The van der Waals surface area contributed by atoms with Crippen molar-refractivity contribution in [2.75, 3.05) is 52.9 Å². The van der Waals surface area contributed by atoms with Gasteiger partial charge in [0.15, 0.2) is 5.96 Å². The molecule has 6 nitrogen and oxygen atoms in total. The van der Waals surface area contributed by atoms with Crippen LogP contribution >= 0.6 is 24.0 Å². The van der Waals surface area contributed by atoms with E-state index in [2.05, 4.69) is 72.1 Å². The van der Waals surface area contributed by atoms with Gasteiger partial charge in [0.05, 0.1) is 6.04 Å². The van der Waals surface area contributed by atoms with Gasteiger partial charge in [0.1, 0.15) is 0 Å². The van der Waals surface area contributed by atoms with Gasteiger partial charge in [-0.3, -0.25) is 14.7 Å². The predicted molar refractivity (Wildman–Crippen MR) is 139 cm³/mol. The Morgan fingerprint density at radius 3 is 2.26 bits per heavy atom. The summed E-state index contributed by atoms with van der Waals surface area (Å²) in [4.78, 5) is 23.9. The van der Waals surface area contributed by atoms with Gasteiger partial charge in [-0.15, -0.1) is 24.0 Å². The van der Waals surface area contributed by atoms with Gasteiger partial charge in [0.2, 0.25) is 5.91 Å². The van der Waals surface area contributed by atoms with Crippen LogP contribution in [0.4, 0.5) is 0 Å². The Labute approximate surface area is 205 Å². The van der Waals surface area contributed by atoms with E-state index in [1.54, 1.807) is 0 Å². The topological polar surface area (TPSA) is 51.2 Å². The highest BCUT2D eigenvalue weighted by Crippen LogP contribution is 2.25. The van der Waals surface area contributed by atoms with Crippen molar-refractivity contribution >= 4 is 35.8 Å². The van der Waals surface area contributed by atoms with E-state index in [9.17, 15) is 4.79 Å². The molecule has 174 valence electrons. The number of hydrogen-bond donors (Lipinski definition) is 1. The Kier molecular flexibility index (Phi) is 9.61. The van der Waals surface area contributed by atoms with Crippen LogP contribution in [-0.2, 0) is 10.2 Å². The molecule has 1 aromatic carbocycles. The number of nitrogens with one attached hydrogen (secondary N) is 1. The lowest BCUT2D eigenvalue weighted by molar-refractivity contribution is -0.135. The van der Waals surface area contributed by atoms with Crippen molar-refractivity contribution in [1.29, 1.82) is 0 Å². The van der Waals surface area contributed by atoms with Crippen LogP contribution in [0.15, 0.2) is 29.3 Å². The normalized spacial score (nSPS) is 19.2. The molecule has 0 saturated carbocycles.